The van der Waals surface area contributed by atoms with Crippen LogP contribution in [-0.2, 0) is 9.53 Å². The van der Waals surface area contributed by atoms with Crippen LogP contribution in [0.25, 0.3) is 0 Å². The van der Waals surface area contributed by atoms with E-state index in [1.54, 1.807) is 0 Å². The Morgan fingerprint density at radius 3 is 2.20 bits per heavy atom. The van der Waals surface area contributed by atoms with E-state index < -0.39 is 18.2 Å². The molecule has 2 N–H and O–H groups in total. The van der Waals surface area contributed by atoms with Gasteiger partial charge in [0.25, 0.3) is 0 Å². The third-order valence-corrected chi connectivity index (χ3v) is 3.75. The molecule has 1 aliphatic rings. The lowest BCUT2D eigenvalue weighted by molar-refractivity contribution is -0.142. The Morgan fingerprint density at radius 2 is 1.55 bits per heavy atom. The molecule has 0 radical (unpaired) electrons. The maximum atomic E-state index is 11.5. The highest BCUT2D eigenvalue weighted by Crippen LogP contribution is 2.14. The monoisotopic (exact) mass is 284 g/mol. The number of carbonyl (C=O) groups is 1. The van der Waals surface area contributed by atoms with E-state index in [0.29, 0.717) is 6.42 Å². The second-order valence-corrected chi connectivity index (χ2v) is 5.72. The zero-order chi connectivity index (χ0) is 14.8. The lowest BCUT2D eigenvalue weighted by Crippen LogP contribution is -2.24. The topological polar surface area (TPSA) is 66.8 Å². The molecule has 3 atom stereocenters. The van der Waals surface area contributed by atoms with Crippen molar-refractivity contribution in [3.63, 3.8) is 0 Å². The molecular weight excluding hydrogens is 256 g/mol. The lowest BCUT2D eigenvalue weighted by Gasteiger charge is -2.15. The summed E-state index contributed by atoms with van der Waals surface area (Å²) >= 11 is 0. The van der Waals surface area contributed by atoms with E-state index in [9.17, 15) is 15.0 Å². The van der Waals surface area contributed by atoms with Crippen LogP contribution in [0.2, 0.25) is 0 Å². The average Bonchev–Trinajstić information content (AvgIpc) is 2.41. The van der Waals surface area contributed by atoms with Gasteiger partial charge in [-0.25, -0.2) is 4.79 Å². The van der Waals surface area contributed by atoms with Crippen molar-refractivity contribution in [2.24, 2.45) is 0 Å². The van der Waals surface area contributed by atoms with E-state index in [0.717, 1.165) is 25.7 Å². The minimum absolute atomic E-state index is 0.0953. The van der Waals surface area contributed by atoms with Gasteiger partial charge in [-0.3, -0.25) is 0 Å². The van der Waals surface area contributed by atoms with Crippen LogP contribution >= 0.6 is 0 Å². The molecule has 116 valence electrons. The summed E-state index contributed by atoms with van der Waals surface area (Å²) in [6.07, 6.45) is 9.97. The van der Waals surface area contributed by atoms with Gasteiger partial charge in [0.05, 0.1) is 18.3 Å². The standard InChI is InChI=1S/C16H28O4/c1-13-9-7-5-3-2-4-6-8-10-14(17)15(18)11-12-16(19)20-13/h11-15,17-18H,2-10H2,1H3/b12-11+/t13-,14+,15-/m1/s1. The van der Waals surface area contributed by atoms with Crippen molar-refractivity contribution < 1.29 is 19.7 Å². The fraction of sp³-hybridized carbons (Fsp3) is 0.812. The van der Waals surface area contributed by atoms with Crippen LogP contribution in [0.15, 0.2) is 12.2 Å². The molecule has 0 amide bonds. The second-order valence-electron chi connectivity index (χ2n) is 5.72. The van der Waals surface area contributed by atoms with Gasteiger partial charge in [0.1, 0.15) is 0 Å². The van der Waals surface area contributed by atoms with E-state index >= 15 is 0 Å². The summed E-state index contributed by atoms with van der Waals surface area (Å²) < 4.78 is 5.22. The minimum atomic E-state index is -0.995. The molecule has 0 saturated heterocycles. The van der Waals surface area contributed by atoms with Gasteiger partial charge in [0.2, 0.25) is 0 Å². The predicted molar refractivity (Wildman–Crippen MR) is 78.3 cm³/mol. The van der Waals surface area contributed by atoms with Crippen LogP contribution < -0.4 is 0 Å². The molecule has 0 unspecified atom stereocenters. The molecule has 0 aromatic carbocycles. The third-order valence-electron chi connectivity index (χ3n) is 3.75. The fourth-order valence-electron chi connectivity index (χ4n) is 2.44. The molecule has 1 heterocycles. The number of ether oxygens (including phenoxy) is 1. The van der Waals surface area contributed by atoms with Gasteiger partial charge in [-0.2, -0.15) is 0 Å². The van der Waals surface area contributed by atoms with Gasteiger partial charge in [-0.05, 0) is 32.3 Å². The molecule has 0 bridgehead atoms. The number of aliphatic hydroxyl groups excluding tert-OH is 2. The van der Waals surface area contributed by atoms with Crippen LogP contribution in [0.3, 0.4) is 0 Å². The molecule has 1 aliphatic heterocycles. The Labute approximate surface area is 121 Å². The van der Waals surface area contributed by atoms with Crippen molar-refractivity contribution in [1.82, 2.24) is 0 Å². The Kier molecular flexibility index (Phi) is 8.54. The number of hydrogen-bond acceptors (Lipinski definition) is 4. The van der Waals surface area contributed by atoms with Crippen LogP contribution in [0, 0.1) is 0 Å². The smallest absolute Gasteiger partial charge is 0.330 e. The van der Waals surface area contributed by atoms with E-state index in [1.807, 2.05) is 6.92 Å². The fourth-order valence-corrected chi connectivity index (χ4v) is 2.44. The van der Waals surface area contributed by atoms with Gasteiger partial charge in [-0.15, -0.1) is 0 Å². The summed E-state index contributed by atoms with van der Waals surface area (Å²) in [6, 6.07) is 0. The van der Waals surface area contributed by atoms with Crippen molar-refractivity contribution in [3.05, 3.63) is 12.2 Å². The summed E-state index contributed by atoms with van der Waals surface area (Å²) in [6.45, 7) is 1.89. The highest BCUT2D eigenvalue weighted by molar-refractivity contribution is 5.82. The summed E-state index contributed by atoms with van der Waals surface area (Å²) in [5, 5.41) is 19.5. The Balaban J connectivity index is 2.50. The molecule has 4 nitrogen and oxygen atoms in total. The van der Waals surface area contributed by atoms with E-state index in [-0.39, 0.29) is 6.10 Å². The maximum absolute atomic E-state index is 11.5. The van der Waals surface area contributed by atoms with Crippen molar-refractivity contribution >= 4 is 5.97 Å². The molecular formula is C16H28O4. The van der Waals surface area contributed by atoms with Crippen LogP contribution in [0.4, 0.5) is 0 Å². The molecule has 20 heavy (non-hydrogen) atoms. The van der Waals surface area contributed by atoms with E-state index in [4.69, 9.17) is 4.74 Å². The zero-order valence-corrected chi connectivity index (χ0v) is 12.5. The molecule has 4 heteroatoms. The molecule has 0 aromatic rings. The molecule has 0 aliphatic carbocycles. The van der Waals surface area contributed by atoms with Gasteiger partial charge in [-0.1, -0.05) is 38.5 Å². The van der Waals surface area contributed by atoms with E-state index in [1.165, 1.54) is 37.8 Å². The normalized spacial score (nSPS) is 33.4. The van der Waals surface area contributed by atoms with Crippen molar-refractivity contribution in [1.29, 1.82) is 0 Å². The number of hydrogen-bond donors (Lipinski definition) is 2. The Hall–Kier alpha value is -0.870. The molecule has 0 fully saturated rings. The molecule has 0 saturated carbocycles. The summed E-state index contributed by atoms with van der Waals surface area (Å²) in [7, 11) is 0. The third kappa shape index (κ3) is 7.65. The highest BCUT2D eigenvalue weighted by Gasteiger charge is 2.14. The van der Waals surface area contributed by atoms with Gasteiger partial charge >= 0.3 is 5.97 Å². The first-order valence-electron chi connectivity index (χ1n) is 7.84. The Bertz CT molecular complexity index is 301. The van der Waals surface area contributed by atoms with Crippen molar-refractivity contribution in [2.45, 2.75) is 83.0 Å². The maximum Gasteiger partial charge on any atom is 0.330 e. The average molecular weight is 284 g/mol. The van der Waals surface area contributed by atoms with Crippen LogP contribution in [-0.4, -0.2) is 34.5 Å². The van der Waals surface area contributed by atoms with E-state index in [2.05, 4.69) is 0 Å². The van der Waals surface area contributed by atoms with Gasteiger partial charge in [0.15, 0.2) is 0 Å². The van der Waals surface area contributed by atoms with Crippen LogP contribution in [0.1, 0.15) is 64.7 Å². The summed E-state index contributed by atoms with van der Waals surface area (Å²) in [5.41, 5.74) is 0. The first kappa shape index (κ1) is 17.2. The summed E-state index contributed by atoms with van der Waals surface area (Å²) in [4.78, 5) is 11.5. The molecule has 0 spiro atoms. The zero-order valence-electron chi connectivity index (χ0n) is 12.5. The minimum Gasteiger partial charge on any atom is -0.460 e. The first-order valence-corrected chi connectivity index (χ1v) is 7.84. The summed E-state index contributed by atoms with van der Waals surface area (Å²) in [5.74, 6) is -0.448. The number of carbonyl (C=O) groups excluding carboxylic acids is 1. The van der Waals surface area contributed by atoms with Crippen molar-refractivity contribution in [3.8, 4) is 0 Å². The van der Waals surface area contributed by atoms with Crippen LogP contribution in [0.5, 0.6) is 0 Å². The second kappa shape index (κ2) is 9.94. The number of rotatable bonds is 0. The molecule has 0 aromatic heterocycles. The number of cyclic esters (lactones) is 1. The first-order chi connectivity index (χ1) is 9.59. The van der Waals surface area contributed by atoms with Gasteiger partial charge in [0, 0.05) is 6.08 Å². The largest absolute Gasteiger partial charge is 0.460 e. The SMILES string of the molecule is C[C@@H]1CCCCCCCCC[C@H](O)[C@H](O)/C=C/C(=O)O1. The molecule has 1 rings (SSSR count). The van der Waals surface area contributed by atoms with Crippen molar-refractivity contribution in [2.75, 3.05) is 0 Å². The predicted octanol–water partition coefficient (Wildman–Crippen LogP) is 2.72. The Morgan fingerprint density at radius 1 is 1.00 bits per heavy atom. The lowest BCUT2D eigenvalue weighted by atomic mass is 10.0. The quantitative estimate of drug-likeness (QED) is 0.671. The van der Waals surface area contributed by atoms with Gasteiger partial charge < -0.3 is 14.9 Å². The number of esters is 1. The number of aliphatic hydroxyl groups is 2. The highest BCUT2D eigenvalue weighted by atomic mass is 16.5.